The second-order valence-electron chi connectivity index (χ2n) is 3.66. The van der Waals surface area contributed by atoms with Gasteiger partial charge in [0, 0.05) is 6.21 Å². The van der Waals surface area contributed by atoms with Crippen molar-refractivity contribution in [1.29, 1.82) is 0 Å². The number of hydrogen-bond donors (Lipinski definition) is 0. The molecule has 0 aliphatic carbocycles. The maximum atomic E-state index is 5.97. The lowest BCUT2D eigenvalue weighted by atomic mass is 10.2. The molecular weight excluding hydrogens is 182 g/mol. The Bertz CT molecular complexity index is 293. The summed E-state index contributed by atoms with van der Waals surface area (Å²) in [7, 11) is 0. The molecule has 0 saturated carbocycles. The Kier molecular flexibility index (Phi) is 3.10. The monoisotopic (exact) mass is 195 g/mol. The zero-order valence-electron chi connectivity index (χ0n) is 8.21. The van der Waals surface area contributed by atoms with Crippen LogP contribution in [0, 0.1) is 6.92 Å². The van der Waals surface area contributed by atoms with Crippen LogP contribution < -0.4 is 0 Å². The topological polar surface area (TPSA) is 12.4 Å². The molecule has 0 N–H and O–H groups in total. The van der Waals surface area contributed by atoms with Crippen LogP contribution in [0.25, 0.3) is 0 Å². The molecule has 0 aliphatic heterocycles. The molecule has 0 atom stereocenters. The molecule has 0 aromatic heterocycles. The maximum Gasteiger partial charge on any atom is 0.0741 e. The molecule has 13 heavy (non-hydrogen) atoms. The van der Waals surface area contributed by atoms with Gasteiger partial charge < -0.3 is 0 Å². The Labute approximate surface area is 84.5 Å². The molecule has 0 aliphatic rings. The zero-order valence-corrected chi connectivity index (χ0v) is 8.97. The molecule has 0 radical (unpaired) electrons. The predicted molar refractivity (Wildman–Crippen MR) is 59.3 cm³/mol. The summed E-state index contributed by atoms with van der Waals surface area (Å²) in [4.78, 5) is 3.89. The first kappa shape index (κ1) is 10.3. The van der Waals surface area contributed by atoms with Gasteiger partial charge in [0.05, 0.1) is 10.6 Å². The smallest absolute Gasteiger partial charge is 0.0741 e. The van der Waals surface area contributed by atoms with E-state index in [0.29, 0.717) is 0 Å². The third-order valence-corrected chi connectivity index (χ3v) is 1.65. The lowest BCUT2D eigenvalue weighted by Crippen LogP contribution is -2.10. The normalized spacial score (nSPS) is 12.3. The van der Waals surface area contributed by atoms with Crippen molar-refractivity contribution < 1.29 is 0 Å². The Balaban J connectivity index is 2.75. The highest BCUT2D eigenvalue weighted by atomic mass is 35.5. The van der Waals surface area contributed by atoms with Gasteiger partial charge in [-0.2, -0.15) is 0 Å². The molecule has 0 heterocycles. The number of aliphatic imine (C=N–C) groups is 1. The van der Waals surface area contributed by atoms with Gasteiger partial charge in [0.1, 0.15) is 0 Å². The summed E-state index contributed by atoms with van der Waals surface area (Å²) < 4.78 is 0. The highest BCUT2D eigenvalue weighted by Gasteiger charge is 2.07. The molecule has 0 unspecified atom stereocenters. The first-order chi connectivity index (χ1) is 5.97. The third-order valence-electron chi connectivity index (χ3n) is 1.55. The van der Waals surface area contributed by atoms with E-state index in [0.717, 1.165) is 5.69 Å². The number of alkyl halides is 1. The molecule has 0 fully saturated rings. The van der Waals surface area contributed by atoms with Crippen molar-refractivity contribution in [2.24, 2.45) is 4.99 Å². The Morgan fingerprint density at radius 2 is 1.77 bits per heavy atom. The minimum Gasteiger partial charge on any atom is -0.259 e. The van der Waals surface area contributed by atoms with Gasteiger partial charge in [-0.05, 0) is 32.9 Å². The van der Waals surface area contributed by atoms with Crippen LogP contribution in [0.5, 0.6) is 0 Å². The fourth-order valence-corrected chi connectivity index (χ4v) is 0.908. The standard InChI is InChI=1S/C11H14ClN/c1-9-4-6-10(7-5-9)13-8-11(2,3)12/h4-8H,1-3H3. The van der Waals surface area contributed by atoms with Gasteiger partial charge in [-0.15, -0.1) is 11.6 Å². The number of rotatable bonds is 2. The van der Waals surface area contributed by atoms with Gasteiger partial charge in [-0.3, -0.25) is 4.99 Å². The molecule has 0 spiro atoms. The first-order valence-electron chi connectivity index (χ1n) is 4.28. The van der Waals surface area contributed by atoms with Crippen molar-refractivity contribution in [3.05, 3.63) is 29.8 Å². The fourth-order valence-electron chi connectivity index (χ4n) is 0.859. The Morgan fingerprint density at radius 3 is 2.23 bits per heavy atom. The second-order valence-corrected chi connectivity index (χ2v) is 4.63. The van der Waals surface area contributed by atoms with Crippen LogP contribution in [0.1, 0.15) is 19.4 Å². The van der Waals surface area contributed by atoms with Gasteiger partial charge in [-0.1, -0.05) is 17.7 Å². The average molecular weight is 196 g/mol. The van der Waals surface area contributed by atoms with Crippen molar-refractivity contribution >= 4 is 23.5 Å². The van der Waals surface area contributed by atoms with Gasteiger partial charge >= 0.3 is 0 Å². The number of hydrogen-bond acceptors (Lipinski definition) is 1. The molecule has 0 bridgehead atoms. The van der Waals surface area contributed by atoms with E-state index >= 15 is 0 Å². The minimum absolute atomic E-state index is 0.370. The average Bonchev–Trinajstić information content (AvgIpc) is 2.02. The molecule has 1 nitrogen and oxygen atoms in total. The van der Waals surface area contributed by atoms with Crippen molar-refractivity contribution in [3.63, 3.8) is 0 Å². The predicted octanol–water partition coefficient (Wildman–Crippen LogP) is 3.71. The molecule has 0 amide bonds. The number of nitrogens with zero attached hydrogens (tertiary/aromatic N) is 1. The van der Waals surface area contributed by atoms with E-state index in [2.05, 4.69) is 11.9 Å². The second kappa shape index (κ2) is 3.93. The van der Waals surface area contributed by atoms with E-state index in [4.69, 9.17) is 11.6 Å². The van der Waals surface area contributed by atoms with Crippen LogP contribution in [-0.4, -0.2) is 11.1 Å². The van der Waals surface area contributed by atoms with Crippen LogP contribution >= 0.6 is 11.6 Å². The van der Waals surface area contributed by atoms with Gasteiger partial charge in [0.15, 0.2) is 0 Å². The van der Waals surface area contributed by atoms with Crippen molar-refractivity contribution in [3.8, 4) is 0 Å². The Morgan fingerprint density at radius 1 is 1.23 bits per heavy atom. The molecule has 2 heteroatoms. The van der Waals surface area contributed by atoms with Crippen LogP contribution in [0.3, 0.4) is 0 Å². The SMILES string of the molecule is Cc1ccc(N=CC(C)(C)Cl)cc1. The lowest BCUT2D eigenvalue weighted by molar-refractivity contribution is 0.956. The van der Waals surface area contributed by atoms with E-state index in [1.807, 2.05) is 38.1 Å². The van der Waals surface area contributed by atoms with Gasteiger partial charge in [0.2, 0.25) is 0 Å². The summed E-state index contributed by atoms with van der Waals surface area (Å²) in [5.41, 5.74) is 2.18. The number of halogens is 1. The quantitative estimate of drug-likeness (QED) is 0.504. The largest absolute Gasteiger partial charge is 0.259 e. The zero-order chi connectivity index (χ0) is 9.90. The summed E-state index contributed by atoms with van der Waals surface area (Å²) in [5, 5.41) is 0. The first-order valence-corrected chi connectivity index (χ1v) is 4.66. The van der Waals surface area contributed by atoms with E-state index in [9.17, 15) is 0 Å². The summed E-state index contributed by atoms with van der Waals surface area (Å²) >= 11 is 5.97. The van der Waals surface area contributed by atoms with E-state index in [1.165, 1.54) is 5.56 Å². The van der Waals surface area contributed by atoms with E-state index in [1.54, 1.807) is 6.21 Å². The van der Waals surface area contributed by atoms with Crippen LogP contribution in [0.4, 0.5) is 5.69 Å². The molecule has 1 aromatic carbocycles. The van der Waals surface area contributed by atoms with Crippen molar-refractivity contribution in [2.45, 2.75) is 25.6 Å². The van der Waals surface area contributed by atoms with Gasteiger partial charge in [-0.25, -0.2) is 0 Å². The molecule has 0 saturated heterocycles. The molecule has 1 rings (SSSR count). The highest BCUT2D eigenvalue weighted by Crippen LogP contribution is 2.15. The lowest BCUT2D eigenvalue weighted by Gasteiger charge is -2.06. The third kappa shape index (κ3) is 4.09. The maximum absolute atomic E-state index is 5.97. The summed E-state index contributed by atoms with van der Waals surface area (Å²) in [6, 6.07) is 8.03. The van der Waals surface area contributed by atoms with Crippen LogP contribution in [0.2, 0.25) is 0 Å². The van der Waals surface area contributed by atoms with E-state index < -0.39 is 0 Å². The fraction of sp³-hybridized carbons (Fsp3) is 0.364. The number of aryl methyl sites for hydroxylation is 1. The molecular formula is C11H14ClN. The summed E-state index contributed by atoms with van der Waals surface area (Å²) in [6.07, 6.45) is 1.75. The minimum atomic E-state index is -0.370. The van der Waals surface area contributed by atoms with Crippen LogP contribution in [-0.2, 0) is 0 Å². The van der Waals surface area contributed by atoms with Crippen molar-refractivity contribution in [2.75, 3.05) is 0 Å². The van der Waals surface area contributed by atoms with Crippen molar-refractivity contribution in [1.82, 2.24) is 0 Å². The van der Waals surface area contributed by atoms with Crippen LogP contribution in [0.15, 0.2) is 29.3 Å². The highest BCUT2D eigenvalue weighted by molar-refractivity contribution is 6.31. The van der Waals surface area contributed by atoms with Gasteiger partial charge in [0.25, 0.3) is 0 Å². The van der Waals surface area contributed by atoms with E-state index in [-0.39, 0.29) is 4.87 Å². The summed E-state index contributed by atoms with van der Waals surface area (Å²) in [5.74, 6) is 0. The molecule has 1 aromatic rings. The number of benzene rings is 1. The Hall–Kier alpha value is -0.820. The summed E-state index contributed by atoms with van der Waals surface area (Å²) in [6.45, 7) is 5.87. The molecule has 70 valence electrons.